The summed E-state index contributed by atoms with van der Waals surface area (Å²) in [6.45, 7) is 5.56. The smallest absolute Gasteiger partial charge is 0.166 e. The first-order valence-corrected chi connectivity index (χ1v) is 8.63. The Morgan fingerprint density at radius 3 is 2.40 bits per heavy atom. The lowest BCUT2D eigenvalue weighted by molar-refractivity contribution is 0.0331. The molecule has 1 saturated carbocycles. The molecule has 0 saturated heterocycles. The van der Waals surface area contributed by atoms with E-state index in [0.29, 0.717) is 18.5 Å². The Labute approximate surface area is 147 Å². The van der Waals surface area contributed by atoms with Gasteiger partial charge in [-0.05, 0) is 45.2 Å². The topological polar surface area (TPSA) is 70.7 Å². The van der Waals surface area contributed by atoms with Crippen molar-refractivity contribution in [3.63, 3.8) is 0 Å². The lowest BCUT2D eigenvalue weighted by Gasteiger charge is -2.44. The summed E-state index contributed by atoms with van der Waals surface area (Å²) in [6, 6.07) is 12.2. The van der Waals surface area contributed by atoms with Crippen molar-refractivity contribution in [2.24, 2.45) is 0 Å². The van der Waals surface area contributed by atoms with E-state index in [-0.39, 0.29) is 11.5 Å². The molecule has 1 aromatic carbocycles. The number of hydrogen-bond donors (Lipinski definition) is 2. The van der Waals surface area contributed by atoms with Gasteiger partial charge >= 0.3 is 0 Å². The molecule has 0 unspecified atom stereocenters. The molecule has 0 amide bonds. The van der Waals surface area contributed by atoms with E-state index < -0.39 is 5.60 Å². The summed E-state index contributed by atoms with van der Waals surface area (Å²) in [5.74, 6) is 0.822. The zero-order valence-corrected chi connectivity index (χ0v) is 14.8. The Morgan fingerprint density at radius 1 is 1.12 bits per heavy atom. The Bertz CT molecular complexity index is 916. The van der Waals surface area contributed by atoms with Crippen LogP contribution in [0.3, 0.4) is 0 Å². The summed E-state index contributed by atoms with van der Waals surface area (Å²) in [4.78, 5) is 0. The second kappa shape index (κ2) is 5.38. The number of aryl methyl sites for hydroxylation is 1. The number of aromatic nitrogens is 3. The average Bonchev–Trinajstić information content (AvgIpc) is 2.95. The maximum Gasteiger partial charge on any atom is 0.166 e. The summed E-state index contributed by atoms with van der Waals surface area (Å²) in [7, 11) is 0. The van der Waals surface area contributed by atoms with Gasteiger partial charge in [0, 0.05) is 11.8 Å². The highest BCUT2D eigenvalue weighted by Crippen LogP contribution is 2.48. The number of nitrogens with zero attached hydrogens (tertiary/aromatic N) is 3. The van der Waals surface area contributed by atoms with Crippen molar-refractivity contribution in [2.75, 3.05) is 0 Å². The second-order valence-electron chi connectivity index (χ2n) is 7.71. The largest absolute Gasteiger partial charge is 0.393 e. The van der Waals surface area contributed by atoms with Crippen LogP contribution in [0.4, 0.5) is 0 Å². The minimum absolute atomic E-state index is 0.328. The summed E-state index contributed by atoms with van der Waals surface area (Å²) >= 11 is 0. The number of fused-ring (bicyclic) bond motifs is 1. The Kier molecular flexibility index (Phi) is 3.49. The maximum absolute atomic E-state index is 10.4. The molecular weight excluding hydrogens is 314 g/mol. The lowest BCUT2D eigenvalue weighted by Crippen LogP contribution is -2.46. The van der Waals surface area contributed by atoms with Crippen LogP contribution >= 0.6 is 0 Å². The molecule has 0 spiro atoms. The lowest BCUT2D eigenvalue weighted by atomic mass is 9.62. The van der Waals surface area contributed by atoms with Crippen LogP contribution in [-0.4, -0.2) is 30.9 Å². The second-order valence-corrected chi connectivity index (χ2v) is 7.71. The highest BCUT2D eigenvalue weighted by Gasteiger charge is 2.49. The molecule has 3 aromatic rings. The minimum Gasteiger partial charge on any atom is -0.393 e. The van der Waals surface area contributed by atoms with E-state index in [9.17, 15) is 10.2 Å². The van der Waals surface area contributed by atoms with Gasteiger partial charge in [0.1, 0.15) is 5.82 Å². The number of rotatable bonds is 3. The van der Waals surface area contributed by atoms with Gasteiger partial charge in [0.15, 0.2) is 5.65 Å². The standard InChI is InChI=1S/C20H23N3O2/c1-13-6-8-14(9-7-13)20(11-15(24)12-20)18-22-21-17-16(19(2,3)25)5-4-10-23(17)18/h4-10,15,24-25H,11-12H2,1-3H3/t15-,20-. The van der Waals surface area contributed by atoms with Crippen LogP contribution in [0.25, 0.3) is 5.65 Å². The van der Waals surface area contributed by atoms with Crippen molar-refractivity contribution in [3.8, 4) is 0 Å². The number of aliphatic hydroxyl groups is 2. The fourth-order valence-electron chi connectivity index (χ4n) is 3.88. The van der Waals surface area contributed by atoms with Crippen molar-refractivity contribution in [2.45, 2.75) is 50.7 Å². The third-order valence-corrected chi connectivity index (χ3v) is 5.29. The summed E-state index contributed by atoms with van der Waals surface area (Å²) in [5, 5.41) is 29.4. The number of aliphatic hydroxyl groups excluding tert-OH is 1. The van der Waals surface area contributed by atoms with E-state index >= 15 is 0 Å². The van der Waals surface area contributed by atoms with E-state index in [1.807, 2.05) is 22.7 Å². The highest BCUT2D eigenvalue weighted by molar-refractivity contribution is 5.52. The monoisotopic (exact) mass is 337 g/mol. The Balaban J connectivity index is 1.91. The third kappa shape index (κ3) is 2.46. The molecule has 1 aliphatic rings. The number of hydrogen-bond acceptors (Lipinski definition) is 4. The maximum atomic E-state index is 10.4. The molecule has 2 heterocycles. The van der Waals surface area contributed by atoms with Crippen molar-refractivity contribution in [1.29, 1.82) is 0 Å². The molecule has 4 rings (SSSR count). The first-order chi connectivity index (χ1) is 11.8. The van der Waals surface area contributed by atoms with Crippen LogP contribution in [0.15, 0.2) is 42.6 Å². The first kappa shape index (κ1) is 16.2. The van der Waals surface area contributed by atoms with Crippen molar-refractivity contribution < 1.29 is 10.2 Å². The fourth-order valence-corrected chi connectivity index (χ4v) is 3.88. The van der Waals surface area contributed by atoms with E-state index in [2.05, 4.69) is 41.4 Å². The van der Waals surface area contributed by atoms with Crippen molar-refractivity contribution in [1.82, 2.24) is 14.6 Å². The third-order valence-electron chi connectivity index (χ3n) is 5.29. The first-order valence-electron chi connectivity index (χ1n) is 8.63. The molecule has 0 bridgehead atoms. The molecule has 2 aromatic heterocycles. The predicted octanol–water partition coefficient (Wildman–Crippen LogP) is 2.71. The SMILES string of the molecule is Cc1ccc([C@]2(c3nnc4c(C(C)(C)O)cccn43)C[C@H](O)C2)cc1. The van der Waals surface area contributed by atoms with Crippen LogP contribution in [-0.2, 0) is 11.0 Å². The predicted molar refractivity (Wildman–Crippen MR) is 95.4 cm³/mol. The quantitative estimate of drug-likeness (QED) is 0.771. The Morgan fingerprint density at radius 2 is 1.80 bits per heavy atom. The zero-order valence-electron chi connectivity index (χ0n) is 14.8. The van der Waals surface area contributed by atoms with Crippen LogP contribution in [0.5, 0.6) is 0 Å². The number of benzene rings is 1. The molecule has 25 heavy (non-hydrogen) atoms. The van der Waals surface area contributed by atoms with Gasteiger partial charge in [-0.3, -0.25) is 4.40 Å². The average molecular weight is 337 g/mol. The van der Waals surface area contributed by atoms with Crippen molar-refractivity contribution >= 4 is 5.65 Å². The van der Waals surface area contributed by atoms with E-state index in [1.165, 1.54) is 5.56 Å². The molecule has 5 heteroatoms. The van der Waals surface area contributed by atoms with Gasteiger partial charge < -0.3 is 10.2 Å². The fraction of sp³-hybridized carbons (Fsp3) is 0.400. The highest BCUT2D eigenvalue weighted by atomic mass is 16.3. The van der Waals surface area contributed by atoms with Gasteiger partial charge in [-0.15, -0.1) is 10.2 Å². The van der Waals surface area contributed by atoms with E-state index in [4.69, 9.17) is 0 Å². The van der Waals surface area contributed by atoms with Gasteiger partial charge in [-0.1, -0.05) is 35.9 Å². The minimum atomic E-state index is -0.997. The molecule has 0 radical (unpaired) electrons. The molecule has 0 aliphatic heterocycles. The van der Waals surface area contributed by atoms with Gasteiger partial charge in [-0.2, -0.15) is 0 Å². The van der Waals surface area contributed by atoms with Crippen LogP contribution in [0.1, 0.15) is 49.2 Å². The van der Waals surface area contributed by atoms with Gasteiger partial charge in [-0.25, -0.2) is 0 Å². The Hall–Kier alpha value is -2.24. The molecule has 0 atom stereocenters. The number of pyridine rings is 1. The molecule has 1 fully saturated rings. The van der Waals surface area contributed by atoms with Crippen LogP contribution in [0, 0.1) is 6.92 Å². The zero-order chi connectivity index (χ0) is 17.8. The van der Waals surface area contributed by atoms with E-state index in [0.717, 1.165) is 17.0 Å². The van der Waals surface area contributed by atoms with Gasteiger partial charge in [0.05, 0.1) is 17.1 Å². The van der Waals surface area contributed by atoms with Crippen LogP contribution < -0.4 is 0 Å². The van der Waals surface area contributed by atoms with Gasteiger partial charge in [0.25, 0.3) is 0 Å². The normalized spacial score (nSPS) is 23.6. The summed E-state index contributed by atoms with van der Waals surface area (Å²) < 4.78 is 1.96. The molecule has 2 N–H and O–H groups in total. The van der Waals surface area contributed by atoms with Crippen molar-refractivity contribution in [3.05, 3.63) is 65.1 Å². The molecular formula is C20H23N3O2. The van der Waals surface area contributed by atoms with Gasteiger partial charge in [0.2, 0.25) is 0 Å². The molecule has 130 valence electrons. The summed E-state index contributed by atoms with van der Waals surface area (Å²) in [5.41, 5.74) is 2.42. The van der Waals surface area contributed by atoms with E-state index in [1.54, 1.807) is 13.8 Å². The summed E-state index contributed by atoms with van der Waals surface area (Å²) in [6.07, 6.45) is 2.86. The molecule has 5 nitrogen and oxygen atoms in total. The van der Waals surface area contributed by atoms with Crippen LogP contribution in [0.2, 0.25) is 0 Å². The molecule has 1 aliphatic carbocycles.